The average molecular weight is 181 g/mol. The minimum absolute atomic E-state index is 0.287. The van der Waals surface area contributed by atoms with Gasteiger partial charge in [0.2, 0.25) is 0 Å². The molecule has 0 aliphatic carbocycles. The van der Waals surface area contributed by atoms with E-state index in [-0.39, 0.29) is 6.10 Å². The third-order valence-electron chi connectivity index (χ3n) is 1.48. The van der Waals surface area contributed by atoms with E-state index in [1.165, 1.54) is 4.88 Å². The van der Waals surface area contributed by atoms with E-state index in [9.17, 15) is 0 Å². The molecular formula is C9H11NOS. The van der Waals surface area contributed by atoms with Crippen LogP contribution in [0.25, 0.3) is 0 Å². The van der Waals surface area contributed by atoms with Crippen LogP contribution in [-0.2, 0) is 11.2 Å². The van der Waals surface area contributed by atoms with Crippen LogP contribution in [0.2, 0.25) is 0 Å². The Kier molecular flexibility index (Phi) is 3.78. The molecule has 12 heavy (non-hydrogen) atoms. The standard InChI is InChI=1S/C9H11NOS/c1-8(7-10)11-5-4-9-3-2-6-12-9/h2-3,6,8H,4-5H2,1H3. The molecule has 1 atom stereocenters. The molecular weight excluding hydrogens is 170 g/mol. The molecule has 1 unspecified atom stereocenters. The zero-order valence-electron chi connectivity index (χ0n) is 6.99. The lowest BCUT2D eigenvalue weighted by Crippen LogP contribution is -2.07. The molecule has 0 N–H and O–H groups in total. The molecule has 0 aliphatic heterocycles. The fourth-order valence-electron chi connectivity index (χ4n) is 0.828. The molecule has 64 valence electrons. The largest absolute Gasteiger partial charge is 0.363 e. The molecule has 0 spiro atoms. The first-order chi connectivity index (χ1) is 5.83. The zero-order chi connectivity index (χ0) is 8.81. The SMILES string of the molecule is CC(C#N)OCCc1cccs1. The molecule has 0 saturated carbocycles. The zero-order valence-corrected chi connectivity index (χ0v) is 7.80. The van der Waals surface area contributed by atoms with Gasteiger partial charge in [-0.15, -0.1) is 11.3 Å². The van der Waals surface area contributed by atoms with Gasteiger partial charge in [0, 0.05) is 11.3 Å². The number of ether oxygens (including phenoxy) is 1. The van der Waals surface area contributed by atoms with Crippen molar-refractivity contribution in [2.45, 2.75) is 19.4 Å². The van der Waals surface area contributed by atoms with Crippen LogP contribution < -0.4 is 0 Å². The molecule has 1 rings (SSSR count). The third kappa shape index (κ3) is 3.04. The van der Waals surface area contributed by atoms with Crippen molar-refractivity contribution < 1.29 is 4.74 Å². The van der Waals surface area contributed by atoms with Crippen LogP contribution in [-0.4, -0.2) is 12.7 Å². The van der Waals surface area contributed by atoms with Crippen LogP contribution in [0.15, 0.2) is 17.5 Å². The van der Waals surface area contributed by atoms with Crippen molar-refractivity contribution in [1.29, 1.82) is 5.26 Å². The van der Waals surface area contributed by atoms with E-state index < -0.39 is 0 Å². The monoisotopic (exact) mass is 181 g/mol. The van der Waals surface area contributed by atoms with Crippen molar-refractivity contribution in [2.75, 3.05) is 6.61 Å². The predicted molar refractivity (Wildman–Crippen MR) is 49.1 cm³/mol. The van der Waals surface area contributed by atoms with E-state index >= 15 is 0 Å². The Morgan fingerprint density at radius 1 is 1.75 bits per heavy atom. The van der Waals surface area contributed by atoms with E-state index in [2.05, 4.69) is 6.07 Å². The lowest BCUT2D eigenvalue weighted by Gasteiger charge is -2.02. The molecule has 0 fully saturated rings. The second-order valence-corrected chi connectivity index (χ2v) is 3.50. The van der Waals surface area contributed by atoms with Gasteiger partial charge in [0.25, 0.3) is 0 Å². The van der Waals surface area contributed by atoms with Gasteiger partial charge >= 0.3 is 0 Å². The Morgan fingerprint density at radius 2 is 2.58 bits per heavy atom. The summed E-state index contributed by atoms with van der Waals surface area (Å²) in [7, 11) is 0. The molecule has 3 heteroatoms. The molecule has 1 aromatic heterocycles. The van der Waals surface area contributed by atoms with Crippen LogP contribution in [0.3, 0.4) is 0 Å². The first kappa shape index (κ1) is 9.24. The second kappa shape index (κ2) is 4.91. The second-order valence-electron chi connectivity index (χ2n) is 2.47. The molecule has 0 amide bonds. The van der Waals surface area contributed by atoms with Gasteiger partial charge in [-0.25, -0.2) is 0 Å². The number of hydrogen-bond donors (Lipinski definition) is 0. The number of thiophene rings is 1. The number of rotatable bonds is 4. The fraction of sp³-hybridized carbons (Fsp3) is 0.444. The van der Waals surface area contributed by atoms with E-state index in [0.29, 0.717) is 6.61 Å². The number of nitriles is 1. The summed E-state index contributed by atoms with van der Waals surface area (Å²) in [6, 6.07) is 6.12. The Labute approximate surface area is 76.4 Å². The van der Waals surface area contributed by atoms with Gasteiger partial charge in [0.1, 0.15) is 6.10 Å². The molecule has 0 aliphatic rings. The van der Waals surface area contributed by atoms with Crippen LogP contribution in [0.4, 0.5) is 0 Å². The molecule has 0 bridgehead atoms. The minimum atomic E-state index is -0.287. The molecule has 0 saturated heterocycles. The minimum Gasteiger partial charge on any atom is -0.363 e. The predicted octanol–water partition coefficient (Wildman–Crippen LogP) is 2.22. The Balaban J connectivity index is 2.16. The van der Waals surface area contributed by atoms with Crippen LogP contribution in [0.5, 0.6) is 0 Å². The van der Waals surface area contributed by atoms with E-state index in [0.717, 1.165) is 6.42 Å². The van der Waals surface area contributed by atoms with Gasteiger partial charge in [0.05, 0.1) is 12.7 Å². The highest BCUT2D eigenvalue weighted by Gasteiger charge is 1.98. The summed E-state index contributed by atoms with van der Waals surface area (Å²) in [5.74, 6) is 0. The molecule has 1 aromatic rings. The summed E-state index contributed by atoms with van der Waals surface area (Å²) >= 11 is 1.72. The summed E-state index contributed by atoms with van der Waals surface area (Å²) in [6.07, 6.45) is 0.619. The summed E-state index contributed by atoms with van der Waals surface area (Å²) in [4.78, 5) is 1.31. The lowest BCUT2D eigenvalue weighted by molar-refractivity contribution is 0.105. The Morgan fingerprint density at radius 3 is 3.17 bits per heavy atom. The van der Waals surface area contributed by atoms with Crippen molar-refractivity contribution >= 4 is 11.3 Å². The number of hydrogen-bond acceptors (Lipinski definition) is 3. The van der Waals surface area contributed by atoms with Gasteiger partial charge < -0.3 is 4.74 Å². The first-order valence-corrected chi connectivity index (χ1v) is 4.74. The molecule has 0 radical (unpaired) electrons. The average Bonchev–Trinajstić information content (AvgIpc) is 2.57. The highest BCUT2D eigenvalue weighted by molar-refractivity contribution is 7.09. The van der Waals surface area contributed by atoms with Crippen molar-refractivity contribution in [3.05, 3.63) is 22.4 Å². The van der Waals surface area contributed by atoms with Gasteiger partial charge in [-0.2, -0.15) is 5.26 Å². The maximum absolute atomic E-state index is 8.42. The summed E-state index contributed by atoms with van der Waals surface area (Å²) in [5, 5.41) is 10.5. The van der Waals surface area contributed by atoms with E-state index in [1.54, 1.807) is 18.3 Å². The molecule has 0 aromatic carbocycles. The maximum Gasteiger partial charge on any atom is 0.141 e. The van der Waals surface area contributed by atoms with Gasteiger partial charge in [-0.3, -0.25) is 0 Å². The quantitative estimate of drug-likeness (QED) is 0.713. The highest BCUT2D eigenvalue weighted by atomic mass is 32.1. The number of nitrogens with zero attached hydrogens (tertiary/aromatic N) is 1. The highest BCUT2D eigenvalue weighted by Crippen LogP contribution is 2.09. The Bertz CT molecular complexity index is 250. The normalized spacial score (nSPS) is 12.3. The fourth-order valence-corrected chi connectivity index (χ4v) is 1.52. The van der Waals surface area contributed by atoms with Crippen molar-refractivity contribution in [3.8, 4) is 6.07 Å². The van der Waals surface area contributed by atoms with Crippen molar-refractivity contribution in [3.63, 3.8) is 0 Å². The summed E-state index contributed by atoms with van der Waals surface area (Å²) in [5.41, 5.74) is 0. The van der Waals surface area contributed by atoms with Crippen molar-refractivity contribution in [1.82, 2.24) is 0 Å². The first-order valence-electron chi connectivity index (χ1n) is 3.86. The summed E-state index contributed by atoms with van der Waals surface area (Å²) in [6.45, 7) is 2.39. The topological polar surface area (TPSA) is 33.0 Å². The Hall–Kier alpha value is -0.850. The van der Waals surface area contributed by atoms with Crippen LogP contribution in [0.1, 0.15) is 11.8 Å². The summed E-state index contributed by atoms with van der Waals surface area (Å²) < 4.78 is 5.21. The van der Waals surface area contributed by atoms with Crippen molar-refractivity contribution in [2.24, 2.45) is 0 Å². The van der Waals surface area contributed by atoms with Crippen LogP contribution >= 0.6 is 11.3 Å². The maximum atomic E-state index is 8.42. The van der Waals surface area contributed by atoms with Gasteiger partial charge in [0.15, 0.2) is 0 Å². The van der Waals surface area contributed by atoms with E-state index in [4.69, 9.17) is 10.00 Å². The lowest BCUT2D eigenvalue weighted by atomic mass is 10.3. The molecule has 2 nitrogen and oxygen atoms in total. The van der Waals surface area contributed by atoms with Gasteiger partial charge in [-0.1, -0.05) is 6.07 Å². The van der Waals surface area contributed by atoms with E-state index in [1.807, 2.05) is 17.5 Å². The van der Waals surface area contributed by atoms with Gasteiger partial charge in [-0.05, 0) is 18.4 Å². The third-order valence-corrected chi connectivity index (χ3v) is 2.41. The smallest absolute Gasteiger partial charge is 0.141 e. The van der Waals surface area contributed by atoms with Crippen LogP contribution in [0, 0.1) is 11.3 Å². The molecule has 1 heterocycles.